The van der Waals surface area contributed by atoms with Gasteiger partial charge in [0.15, 0.2) is 11.6 Å². The van der Waals surface area contributed by atoms with E-state index >= 15 is 0 Å². The first-order chi connectivity index (χ1) is 14.0. The van der Waals surface area contributed by atoms with E-state index in [0.717, 1.165) is 43.9 Å². The Morgan fingerprint density at radius 2 is 1.66 bits per heavy atom. The summed E-state index contributed by atoms with van der Waals surface area (Å²) in [6.07, 6.45) is 11.1. The number of aliphatic hydroxyl groups excluding tert-OH is 1. The highest BCUT2D eigenvalue weighted by atomic mass is 19.2. The Hall–Kier alpha value is -1.16. The van der Waals surface area contributed by atoms with Crippen LogP contribution < -0.4 is 4.74 Å². The minimum Gasteiger partial charge on any atom is -0.490 e. The van der Waals surface area contributed by atoms with Gasteiger partial charge < -0.3 is 9.84 Å². The fourth-order valence-corrected chi connectivity index (χ4v) is 5.13. The Balaban J connectivity index is 1.54. The van der Waals surface area contributed by atoms with Crippen molar-refractivity contribution in [2.24, 2.45) is 11.8 Å². The van der Waals surface area contributed by atoms with E-state index in [9.17, 15) is 13.9 Å². The summed E-state index contributed by atoms with van der Waals surface area (Å²) in [6, 6.07) is 2.90. The largest absolute Gasteiger partial charge is 0.490 e. The molecule has 0 bridgehead atoms. The molecule has 29 heavy (non-hydrogen) atoms. The molecule has 2 saturated carbocycles. The number of benzene rings is 1. The fourth-order valence-electron chi connectivity index (χ4n) is 5.13. The molecule has 1 aromatic carbocycles. The molecule has 2 aliphatic rings. The van der Waals surface area contributed by atoms with Crippen molar-refractivity contribution >= 4 is 0 Å². The van der Waals surface area contributed by atoms with Crippen LogP contribution in [0.25, 0.3) is 0 Å². The lowest BCUT2D eigenvalue weighted by Gasteiger charge is -2.38. The molecule has 1 aromatic rings. The van der Waals surface area contributed by atoms with Gasteiger partial charge in [0, 0.05) is 11.5 Å². The summed E-state index contributed by atoms with van der Waals surface area (Å²) in [5.41, 5.74) is 0.0347. The molecule has 1 unspecified atom stereocenters. The van der Waals surface area contributed by atoms with Crippen molar-refractivity contribution in [1.29, 1.82) is 0 Å². The minimum atomic E-state index is -1.03. The Kier molecular flexibility index (Phi) is 8.35. The maximum Gasteiger partial charge on any atom is 0.200 e. The molecule has 2 fully saturated rings. The first kappa shape index (κ1) is 22.5. The second-order valence-electron chi connectivity index (χ2n) is 8.85. The van der Waals surface area contributed by atoms with E-state index in [-0.39, 0.29) is 11.3 Å². The highest BCUT2D eigenvalue weighted by molar-refractivity contribution is 5.34. The molecular weight excluding hydrogens is 370 g/mol. The van der Waals surface area contributed by atoms with Gasteiger partial charge in [-0.3, -0.25) is 0 Å². The highest BCUT2D eigenvalue weighted by Gasteiger charge is 2.35. The molecule has 0 spiro atoms. The molecule has 0 saturated heterocycles. The molecule has 2 nitrogen and oxygen atoms in total. The molecule has 1 N–H and O–H groups in total. The monoisotopic (exact) mass is 406 g/mol. The Bertz CT molecular complexity index is 632. The van der Waals surface area contributed by atoms with Crippen molar-refractivity contribution in [1.82, 2.24) is 0 Å². The van der Waals surface area contributed by atoms with Crippen molar-refractivity contribution in [2.45, 2.75) is 90.6 Å². The van der Waals surface area contributed by atoms with E-state index in [1.54, 1.807) is 5.92 Å². The summed E-state index contributed by atoms with van der Waals surface area (Å²) >= 11 is 0. The van der Waals surface area contributed by atoms with Gasteiger partial charge in [-0.15, -0.1) is 0 Å². The fraction of sp³-hybridized carbons (Fsp3) is 0.680. The Morgan fingerprint density at radius 3 is 2.28 bits per heavy atom. The standard InChI is InChI=1S/C25H36F2O2/c1-3-5-17-6-8-18(9-7-17)19-10-12-20(13-11-19)25(28)21-14-15-22(29-16-4-2)24(27)23(21)26/h14-15,17,19,25,28H,3-13,16H2,1-2H3. The molecule has 0 aromatic heterocycles. The number of rotatable bonds is 8. The van der Waals surface area contributed by atoms with E-state index in [4.69, 9.17) is 4.74 Å². The van der Waals surface area contributed by atoms with Gasteiger partial charge in [-0.2, -0.15) is 4.39 Å². The third-order valence-electron chi connectivity index (χ3n) is 6.87. The van der Waals surface area contributed by atoms with Gasteiger partial charge in [-0.25, -0.2) is 4.39 Å². The highest BCUT2D eigenvalue weighted by Crippen LogP contribution is 2.47. The molecule has 162 valence electrons. The van der Waals surface area contributed by atoms with E-state index in [0.29, 0.717) is 12.5 Å². The van der Waals surface area contributed by atoms with Crippen molar-refractivity contribution < 1.29 is 18.6 Å². The zero-order chi connectivity index (χ0) is 20.8. The number of aliphatic hydroxyl groups is 1. The van der Waals surface area contributed by atoms with Crippen LogP contribution in [0, 0.1) is 35.3 Å². The quantitative estimate of drug-likeness (QED) is 0.498. The topological polar surface area (TPSA) is 29.5 Å². The van der Waals surface area contributed by atoms with Crippen molar-refractivity contribution in [3.05, 3.63) is 41.2 Å². The van der Waals surface area contributed by atoms with Crippen LogP contribution in [-0.2, 0) is 0 Å². The summed E-state index contributed by atoms with van der Waals surface area (Å²) in [4.78, 5) is 0. The van der Waals surface area contributed by atoms with Crippen LogP contribution >= 0.6 is 0 Å². The third-order valence-corrected chi connectivity index (χ3v) is 6.87. The van der Waals surface area contributed by atoms with Gasteiger partial charge in [0.2, 0.25) is 5.82 Å². The summed E-state index contributed by atoms with van der Waals surface area (Å²) < 4.78 is 34.1. The zero-order valence-corrected chi connectivity index (χ0v) is 18.0. The van der Waals surface area contributed by atoms with E-state index in [2.05, 4.69) is 6.92 Å². The molecule has 4 heteroatoms. The first-order valence-electron chi connectivity index (χ1n) is 11.5. The predicted octanol–water partition coefficient (Wildman–Crippen LogP) is 7.12. The molecule has 0 heterocycles. The number of hydrogen-bond acceptors (Lipinski definition) is 2. The van der Waals surface area contributed by atoms with E-state index in [1.807, 2.05) is 6.92 Å². The van der Waals surface area contributed by atoms with E-state index < -0.39 is 17.7 Å². The first-order valence-corrected chi connectivity index (χ1v) is 11.5. The summed E-state index contributed by atoms with van der Waals surface area (Å²) in [7, 11) is 0. The number of hydrogen-bond donors (Lipinski definition) is 1. The van der Waals surface area contributed by atoms with Gasteiger partial charge >= 0.3 is 0 Å². The van der Waals surface area contributed by atoms with Crippen molar-refractivity contribution in [3.8, 4) is 5.75 Å². The molecule has 2 radical (unpaired) electrons. The van der Waals surface area contributed by atoms with Gasteiger partial charge in [-0.1, -0.05) is 26.7 Å². The third kappa shape index (κ3) is 5.51. The maximum atomic E-state index is 14.5. The molecule has 3 rings (SSSR count). The maximum absolute atomic E-state index is 14.5. The normalized spacial score (nSPS) is 21.4. The van der Waals surface area contributed by atoms with Crippen molar-refractivity contribution in [3.63, 3.8) is 0 Å². The summed E-state index contributed by atoms with van der Waals surface area (Å²) in [5, 5.41) is 10.7. The second kappa shape index (κ2) is 10.7. The van der Waals surface area contributed by atoms with Crippen LogP contribution in [0.4, 0.5) is 8.78 Å². The van der Waals surface area contributed by atoms with Crippen LogP contribution in [0.3, 0.4) is 0 Å². The van der Waals surface area contributed by atoms with Gasteiger partial charge in [0.05, 0.1) is 12.7 Å². The van der Waals surface area contributed by atoms with Crippen LogP contribution in [0.15, 0.2) is 12.1 Å². The number of ether oxygens (including phenoxy) is 1. The Labute approximate surface area is 175 Å². The summed E-state index contributed by atoms with van der Waals surface area (Å²) in [5.74, 6) is 2.12. The zero-order valence-electron chi connectivity index (χ0n) is 18.0. The lowest BCUT2D eigenvalue weighted by atomic mass is 9.67. The predicted molar refractivity (Wildman–Crippen MR) is 112 cm³/mol. The lowest BCUT2D eigenvalue weighted by molar-refractivity contribution is 0.154. The summed E-state index contributed by atoms with van der Waals surface area (Å²) in [6.45, 7) is 4.52. The van der Waals surface area contributed by atoms with Gasteiger partial charge in [0.25, 0.3) is 0 Å². The average Bonchev–Trinajstić information content (AvgIpc) is 2.75. The van der Waals surface area contributed by atoms with Crippen LogP contribution in [-0.4, -0.2) is 11.7 Å². The van der Waals surface area contributed by atoms with Gasteiger partial charge in [0.1, 0.15) is 0 Å². The van der Waals surface area contributed by atoms with Crippen LogP contribution in [0.1, 0.15) is 96.1 Å². The molecule has 0 amide bonds. The lowest BCUT2D eigenvalue weighted by Crippen LogP contribution is -2.26. The van der Waals surface area contributed by atoms with Gasteiger partial charge in [-0.05, 0) is 87.7 Å². The molecule has 2 aliphatic carbocycles. The minimum absolute atomic E-state index is 0.0347. The molecular formula is C25H36F2O2. The number of halogens is 2. The SMILES string of the molecule is CCCOc1ccc(C(O)[C]2CCC([C]3CCC(CCC)CC3)CC2)c(F)c1F. The van der Waals surface area contributed by atoms with E-state index in [1.165, 1.54) is 50.7 Å². The van der Waals surface area contributed by atoms with Crippen LogP contribution in [0.2, 0.25) is 0 Å². The molecule has 0 aliphatic heterocycles. The van der Waals surface area contributed by atoms with Crippen molar-refractivity contribution in [2.75, 3.05) is 6.61 Å². The Morgan fingerprint density at radius 1 is 0.966 bits per heavy atom. The smallest absolute Gasteiger partial charge is 0.200 e. The molecule has 1 atom stereocenters. The van der Waals surface area contributed by atoms with Crippen LogP contribution in [0.5, 0.6) is 5.75 Å². The average molecular weight is 407 g/mol. The second-order valence-corrected chi connectivity index (χ2v) is 8.85.